The maximum absolute atomic E-state index is 12.0. The Labute approximate surface area is 116 Å². The Morgan fingerprint density at radius 3 is 2.74 bits per heavy atom. The minimum absolute atomic E-state index is 0.111. The molecule has 1 aromatic carbocycles. The second-order valence-corrected chi connectivity index (χ2v) is 4.85. The molecule has 1 amide bonds. The normalized spacial score (nSPS) is 10.5. The molecule has 0 fully saturated rings. The molecule has 0 aliphatic heterocycles. The molecule has 2 rings (SSSR count). The summed E-state index contributed by atoms with van der Waals surface area (Å²) in [6.45, 7) is 5.49. The Balaban J connectivity index is 2.12. The van der Waals surface area contributed by atoms with Crippen molar-refractivity contribution in [1.82, 2.24) is 5.16 Å². The highest BCUT2D eigenvalue weighted by molar-refractivity contribution is 6.31. The lowest BCUT2D eigenvalue weighted by Gasteiger charge is -2.09. The second-order valence-electron chi connectivity index (χ2n) is 4.44. The molecule has 5 heteroatoms. The van der Waals surface area contributed by atoms with E-state index in [2.05, 4.69) is 10.5 Å². The number of carbonyl (C=O) groups is 1. The molecule has 0 radical (unpaired) electrons. The van der Waals surface area contributed by atoms with Gasteiger partial charge in [0.05, 0.1) is 12.1 Å². The third kappa shape index (κ3) is 2.96. The van der Waals surface area contributed by atoms with Gasteiger partial charge in [-0.15, -0.1) is 0 Å². The molecule has 0 unspecified atom stereocenters. The van der Waals surface area contributed by atoms with Gasteiger partial charge in [-0.1, -0.05) is 22.8 Å². The van der Waals surface area contributed by atoms with Crippen LogP contribution in [0.25, 0.3) is 0 Å². The van der Waals surface area contributed by atoms with Crippen molar-refractivity contribution in [3.8, 4) is 0 Å². The van der Waals surface area contributed by atoms with Crippen molar-refractivity contribution >= 4 is 23.2 Å². The number of nitrogens with zero attached hydrogens (tertiary/aromatic N) is 1. The standard InChI is InChI=1S/C14H15ClN2O2/c1-8-12(15)5-4-6-13(8)16-14(18)7-11-9(2)17-19-10(11)3/h4-6H,7H2,1-3H3,(H,16,18). The Kier molecular flexibility index (Phi) is 3.90. The van der Waals surface area contributed by atoms with Crippen LogP contribution in [0.4, 0.5) is 5.69 Å². The summed E-state index contributed by atoms with van der Waals surface area (Å²) in [6, 6.07) is 5.42. The molecule has 2 aromatic rings. The highest BCUT2D eigenvalue weighted by atomic mass is 35.5. The average molecular weight is 279 g/mol. The Morgan fingerprint density at radius 2 is 2.11 bits per heavy atom. The van der Waals surface area contributed by atoms with Crippen LogP contribution in [0.15, 0.2) is 22.7 Å². The number of carbonyl (C=O) groups excluding carboxylic acids is 1. The lowest BCUT2D eigenvalue weighted by molar-refractivity contribution is -0.115. The summed E-state index contributed by atoms with van der Waals surface area (Å²) in [4.78, 5) is 12.0. The SMILES string of the molecule is Cc1noc(C)c1CC(=O)Nc1cccc(Cl)c1C. The molecule has 0 aliphatic carbocycles. The first-order valence-electron chi connectivity index (χ1n) is 5.95. The van der Waals surface area contributed by atoms with Gasteiger partial charge >= 0.3 is 0 Å². The van der Waals surface area contributed by atoms with Gasteiger partial charge in [0.15, 0.2) is 0 Å². The molecule has 1 aromatic heterocycles. The van der Waals surface area contributed by atoms with Crippen molar-refractivity contribution in [3.63, 3.8) is 0 Å². The molecule has 19 heavy (non-hydrogen) atoms. The van der Waals surface area contributed by atoms with Crippen molar-refractivity contribution in [2.75, 3.05) is 5.32 Å². The van der Waals surface area contributed by atoms with Crippen LogP contribution in [0.2, 0.25) is 5.02 Å². The highest BCUT2D eigenvalue weighted by Gasteiger charge is 2.14. The fourth-order valence-corrected chi connectivity index (χ4v) is 2.03. The number of halogens is 1. The average Bonchev–Trinajstić information content (AvgIpc) is 2.67. The number of rotatable bonds is 3. The van der Waals surface area contributed by atoms with E-state index in [1.54, 1.807) is 19.1 Å². The first-order valence-corrected chi connectivity index (χ1v) is 6.33. The monoisotopic (exact) mass is 278 g/mol. The van der Waals surface area contributed by atoms with Crippen LogP contribution >= 0.6 is 11.6 Å². The molecule has 0 spiro atoms. The van der Waals surface area contributed by atoms with E-state index in [9.17, 15) is 4.79 Å². The quantitative estimate of drug-likeness (QED) is 0.936. The van der Waals surface area contributed by atoms with Gasteiger partial charge in [-0.05, 0) is 38.5 Å². The Bertz CT molecular complexity index is 600. The fourth-order valence-electron chi connectivity index (χ4n) is 1.85. The minimum Gasteiger partial charge on any atom is -0.361 e. The third-order valence-electron chi connectivity index (χ3n) is 3.06. The number of anilines is 1. The largest absolute Gasteiger partial charge is 0.361 e. The zero-order valence-electron chi connectivity index (χ0n) is 11.1. The van der Waals surface area contributed by atoms with E-state index in [1.807, 2.05) is 19.9 Å². The minimum atomic E-state index is -0.111. The second kappa shape index (κ2) is 5.45. The van der Waals surface area contributed by atoms with Crippen LogP contribution in [0, 0.1) is 20.8 Å². The van der Waals surface area contributed by atoms with Crippen LogP contribution in [0.3, 0.4) is 0 Å². The summed E-state index contributed by atoms with van der Waals surface area (Å²) < 4.78 is 5.04. The predicted octanol–water partition coefficient (Wildman–Crippen LogP) is 3.43. The van der Waals surface area contributed by atoms with Gasteiger partial charge in [-0.2, -0.15) is 0 Å². The number of amides is 1. The van der Waals surface area contributed by atoms with Gasteiger partial charge in [0.25, 0.3) is 0 Å². The van der Waals surface area contributed by atoms with E-state index in [1.165, 1.54) is 0 Å². The Morgan fingerprint density at radius 1 is 1.37 bits per heavy atom. The van der Waals surface area contributed by atoms with Crippen LogP contribution in [0.5, 0.6) is 0 Å². The molecule has 0 aliphatic rings. The maximum Gasteiger partial charge on any atom is 0.229 e. The smallest absolute Gasteiger partial charge is 0.229 e. The zero-order valence-corrected chi connectivity index (χ0v) is 11.8. The Hall–Kier alpha value is -1.81. The molecule has 0 bridgehead atoms. The van der Waals surface area contributed by atoms with Gasteiger partial charge in [-0.25, -0.2) is 0 Å². The summed E-state index contributed by atoms with van der Waals surface area (Å²) in [5.74, 6) is 0.565. The van der Waals surface area contributed by atoms with Crippen molar-refractivity contribution in [1.29, 1.82) is 0 Å². The van der Waals surface area contributed by atoms with E-state index >= 15 is 0 Å². The molecule has 1 heterocycles. The van der Waals surface area contributed by atoms with Crippen molar-refractivity contribution in [3.05, 3.63) is 45.8 Å². The number of hydrogen-bond donors (Lipinski definition) is 1. The number of benzene rings is 1. The molecule has 100 valence electrons. The first-order chi connectivity index (χ1) is 8.99. The lowest BCUT2D eigenvalue weighted by atomic mass is 10.1. The van der Waals surface area contributed by atoms with E-state index in [0.29, 0.717) is 10.8 Å². The molecule has 1 N–H and O–H groups in total. The van der Waals surface area contributed by atoms with Gasteiger partial charge in [0.2, 0.25) is 5.91 Å². The molecule has 0 saturated carbocycles. The molecule has 0 atom stereocenters. The summed E-state index contributed by atoms with van der Waals surface area (Å²) in [6.07, 6.45) is 0.243. The van der Waals surface area contributed by atoms with Gasteiger partial charge in [-0.3, -0.25) is 4.79 Å². The van der Waals surface area contributed by atoms with E-state index in [0.717, 1.165) is 22.5 Å². The number of hydrogen-bond acceptors (Lipinski definition) is 3. The zero-order chi connectivity index (χ0) is 14.0. The summed E-state index contributed by atoms with van der Waals surface area (Å²) in [5, 5.41) is 7.32. The van der Waals surface area contributed by atoms with Crippen LogP contribution < -0.4 is 5.32 Å². The number of aromatic nitrogens is 1. The van der Waals surface area contributed by atoms with Gasteiger partial charge in [0, 0.05) is 16.3 Å². The van der Waals surface area contributed by atoms with E-state index < -0.39 is 0 Å². The van der Waals surface area contributed by atoms with Crippen LogP contribution in [0.1, 0.15) is 22.6 Å². The molecular weight excluding hydrogens is 264 g/mol. The first kappa shape index (κ1) is 13.6. The summed E-state index contributed by atoms with van der Waals surface area (Å²) in [5.41, 5.74) is 3.16. The summed E-state index contributed by atoms with van der Waals surface area (Å²) in [7, 11) is 0. The third-order valence-corrected chi connectivity index (χ3v) is 3.47. The topological polar surface area (TPSA) is 55.1 Å². The predicted molar refractivity (Wildman–Crippen MR) is 74.5 cm³/mol. The number of aryl methyl sites for hydroxylation is 2. The van der Waals surface area contributed by atoms with Crippen molar-refractivity contribution in [2.24, 2.45) is 0 Å². The van der Waals surface area contributed by atoms with E-state index in [-0.39, 0.29) is 12.3 Å². The van der Waals surface area contributed by atoms with Crippen LogP contribution in [-0.2, 0) is 11.2 Å². The molecular formula is C14H15ClN2O2. The van der Waals surface area contributed by atoms with Crippen molar-refractivity contribution in [2.45, 2.75) is 27.2 Å². The molecule has 4 nitrogen and oxygen atoms in total. The van der Waals surface area contributed by atoms with E-state index in [4.69, 9.17) is 16.1 Å². The van der Waals surface area contributed by atoms with Gasteiger partial charge in [0.1, 0.15) is 5.76 Å². The molecule has 0 saturated heterocycles. The van der Waals surface area contributed by atoms with Crippen molar-refractivity contribution < 1.29 is 9.32 Å². The van der Waals surface area contributed by atoms with Gasteiger partial charge < -0.3 is 9.84 Å². The highest BCUT2D eigenvalue weighted by Crippen LogP contribution is 2.23. The fraction of sp³-hybridized carbons (Fsp3) is 0.286. The lowest BCUT2D eigenvalue weighted by Crippen LogP contribution is -2.16. The summed E-state index contributed by atoms with van der Waals surface area (Å²) >= 11 is 6.01. The maximum atomic E-state index is 12.0. The number of nitrogens with one attached hydrogen (secondary N) is 1. The van der Waals surface area contributed by atoms with Crippen LogP contribution in [-0.4, -0.2) is 11.1 Å².